The second-order valence-corrected chi connectivity index (χ2v) is 12.0. The molecule has 4 amide bonds. The van der Waals surface area contributed by atoms with Gasteiger partial charge >= 0.3 is 12.2 Å². The number of nitrogens with zero attached hydrogens (tertiary/aromatic N) is 6. The van der Waals surface area contributed by atoms with Crippen LogP contribution in [0.3, 0.4) is 0 Å². The molecule has 14 heteroatoms. The van der Waals surface area contributed by atoms with Crippen molar-refractivity contribution in [1.82, 2.24) is 24.9 Å². The summed E-state index contributed by atoms with van der Waals surface area (Å²) in [5, 5.41) is 17.2. The highest BCUT2D eigenvalue weighted by molar-refractivity contribution is 6.06. The molecule has 2 saturated heterocycles. The number of benzene rings is 2. The summed E-state index contributed by atoms with van der Waals surface area (Å²) in [5.41, 5.74) is 1.17. The minimum Gasteiger partial charge on any atom is -0.325 e. The highest BCUT2D eigenvalue weighted by Crippen LogP contribution is 2.44. The first-order valence-electron chi connectivity index (χ1n) is 15.6. The third-order valence-electron chi connectivity index (χ3n) is 9.19. The fraction of sp³-hybridized carbons (Fsp3) is 0.424. The van der Waals surface area contributed by atoms with Crippen molar-refractivity contribution < 1.29 is 31.9 Å². The molecule has 3 aliphatic rings. The van der Waals surface area contributed by atoms with Gasteiger partial charge in [-0.1, -0.05) is 30.3 Å². The van der Waals surface area contributed by atoms with Gasteiger partial charge in [0.1, 0.15) is 23.7 Å². The van der Waals surface area contributed by atoms with Crippen LogP contribution in [0.5, 0.6) is 0 Å². The van der Waals surface area contributed by atoms with Gasteiger partial charge in [0.05, 0.1) is 17.7 Å². The fourth-order valence-corrected chi connectivity index (χ4v) is 6.87. The average Bonchev–Trinajstić information content (AvgIpc) is 3.71. The number of piperidine rings is 1. The van der Waals surface area contributed by atoms with Gasteiger partial charge in [-0.2, -0.15) is 23.5 Å². The van der Waals surface area contributed by atoms with Crippen LogP contribution in [0, 0.1) is 23.1 Å². The quantitative estimate of drug-likeness (QED) is 0.391. The smallest absolute Gasteiger partial charge is 0.325 e. The number of alkyl halides is 3. The maximum absolute atomic E-state index is 14.4. The van der Waals surface area contributed by atoms with E-state index in [9.17, 15) is 37.2 Å². The maximum atomic E-state index is 14.4. The number of fused-ring (bicyclic) bond motifs is 1. The van der Waals surface area contributed by atoms with Gasteiger partial charge in [0.2, 0.25) is 0 Å². The number of amides is 4. The molecule has 0 spiro atoms. The number of aromatic nitrogens is 2. The summed E-state index contributed by atoms with van der Waals surface area (Å²) in [6.45, 7) is 1.65. The zero-order chi connectivity index (χ0) is 33.5. The Hall–Kier alpha value is -4.93. The zero-order valence-corrected chi connectivity index (χ0v) is 25.6. The van der Waals surface area contributed by atoms with Crippen LogP contribution in [0.25, 0.3) is 5.69 Å². The van der Waals surface area contributed by atoms with Crippen LogP contribution in [0.1, 0.15) is 60.1 Å². The van der Waals surface area contributed by atoms with Crippen molar-refractivity contribution in [3.8, 4) is 11.8 Å². The number of nitriles is 1. The van der Waals surface area contributed by atoms with Crippen LogP contribution >= 0.6 is 0 Å². The Morgan fingerprint density at radius 3 is 2.40 bits per heavy atom. The Kier molecular flexibility index (Phi) is 8.65. The highest BCUT2D eigenvalue weighted by atomic mass is 19.4. The number of likely N-dealkylation sites (tertiary alicyclic amines) is 2. The molecule has 3 aromatic rings. The van der Waals surface area contributed by atoms with Gasteiger partial charge in [-0.15, -0.1) is 0 Å². The number of halogens is 4. The Morgan fingerprint density at radius 1 is 1.04 bits per heavy atom. The van der Waals surface area contributed by atoms with E-state index in [1.54, 1.807) is 37.3 Å². The second kappa shape index (κ2) is 12.7. The minimum absolute atomic E-state index is 0.0411. The van der Waals surface area contributed by atoms with E-state index in [2.05, 4.69) is 11.4 Å². The molecule has 1 N–H and O–H groups in total. The summed E-state index contributed by atoms with van der Waals surface area (Å²) in [6, 6.07) is 13.4. The van der Waals surface area contributed by atoms with E-state index in [0.29, 0.717) is 30.6 Å². The number of para-hydroxylation sites is 1. The first-order chi connectivity index (χ1) is 22.5. The van der Waals surface area contributed by atoms with Gasteiger partial charge in [-0.25, -0.2) is 13.9 Å². The summed E-state index contributed by atoms with van der Waals surface area (Å²) in [5.74, 6) is -4.16. The van der Waals surface area contributed by atoms with Gasteiger partial charge in [0, 0.05) is 37.7 Å². The summed E-state index contributed by atoms with van der Waals surface area (Å²) in [7, 11) is 0. The lowest BCUT2D eigenvalue weighted by Gasteiger charge is -2.40. The molecular weight excluding hydrogens is 618 g/mol. The summed E-state index contributed by atoms with van der Waals surface area (Å²) in [6.07, 6.45) is -3.35. The molecule has 4 heterocycles. The molecule has 47 heavy (non-hydrogen) atoms. The summed E-state index contributed by atoms with van der Waals surface area (Å²) < 4.78 is 56.5. The van der Waals surface area contributed by atoms with Crippen LogP contribution in [0.4, 0.5) is 28.2 Å². The average molecular weight is 652 g/mol. The van der Waals surface area contributed by atoms with E-state index < -0.39 is 60.3 Å². The SMILES string of the molecule is CCN1C(=O)[C@@H](NC(=O)N2CCC[C@@H](C(F)(F)F)C2)C(c2ccc(F)cc2)c2c(C(=O)N3CCC[C@H]3C#N)nn(-c3ccccc3)c21. The predicted octanol–water partition coefficient (Wildman–Crippen LogP) is 4.99. The van der Waals surface area contributed by atoms with E-state index in [1.807, 2.05) is 0 Å². The zero-order valence-electron chi connectivity index (χ0n) is 25.6. The van der Waals surface area contributed by atoms with Gasteiger partial charge in [0.25, 0.3) is 11.8 Å². The number of rotatable bonds is 5. The number of nitrogens with one attached hydrogen (secondary N) is 1. The lowest BCUT2D eigenvalue weighted by Crippen LogP contribution is -2.59. The number of urea groups is 1. The third kappa shape index (κ3) is 5.90. The molecule has 1 unspecified atom stereocenters. The van der Waals surface area contributed by atoms with Gasteiger partial charge in [0.15, 0.2) is 5.69 Å². The third-order valence-corrected chi connectivity index (χ3v) is 9.19. The Bertz CT molecular complexity index is 1700. The lowest BCUT2D eigenvalue weighted by atomic mass is 9.80. The van der Waals surface area contributed by atoms with Crippen molar-refractivity contribution >= 4 is 23.7 Å². The molecule has 10 nitrogen and oxygen atoms in total. The molecule has 0 aliphatic carbocycles. The van der Waals surface area contributed by atoms with Crippen molar-refractivity contribution in [2.45, 2.75) is 56.8 Å². The topological polar surface area (TPSA) is 115 Å². The normalized spacial score (nSPS) is 23.0. The first kappa shape index (κ1) is 32.0. The second-order valence-electron chi connectivity index (χ2n) is 12.0. The van der Waals surface area contributed by atoms with Crippen molar-refractivity contribution in [3.05, 3.63) is 77.2 Å². The van der Waals surface area contributed by atoms with Crippen LogP contribution in [-0.4, -0.2) is 81.9 Å². The van der Waals surface area contributed by atoms with E-state index in [1.165, 1.54) is 38.7 Å². The molecule has 0 bridgehead atoms. The molecule has 0 radical (unpaired) electrons. The fourth-order valence-electron chi connectivity index (χ4n) is 6.87. The number of hydrogen-bond acceptors (Lipinski definition) is 5. The van der Waals surface area contributed by atoms with Crippen LogP contribution in [0.2, 0.25) is 0 Å². The number of likely N-dealkylation sites (N-methyl/N-ethyl adjacent to an activating group) is 1. The van der Waals surface area contributed by atoms with Crippen LogP contribution in [-0.2, 0) is 4.79 Å². The van der Waals surface area contributed by atoms with Crippen LogP contribution in [0.15, 0.2) is 54.6 Å². The molecule has 1 aromatic heterocycles. The number of carbonyl (C=O) groups is 3. The van der Waals surface area contributed by atoms with Gasteiger partial charge in [-0.05, 0) is 62.4 Å². The van der Waals surface area contributed by atoms with Crippen molar-refractivity contribution in [2.75, 3.05) is 31.1 Å². The Labute approximate surface area is 268 Å². The molecule has 246 valence electrons. The summed E-state index contributed by atoms with van der Waals surface area (Å²) >= 11 is 0. The minimum atomic E-state index is -4.48. The molecular formula is C33H33F4N7O3. The number of anilines is 1. The Balaban J connectivity index is 1.52. The molecule has 4 atom stereocenters. The largest absolute Gasteiger partial charge is 0.393 e. The number of carbonyl (C=O) groups excluding carboxylic acids is 3. The van der Waals surface area contributed by atoms with E-state index in [0.717, 1.165) is 4.90 Å². The Morgan fingerprint density at radius 2 is 1.74 bits per heavy atom. The lowest BCUT2D eigenvalue weighted by molar-refractivity contribution is -0.184. The van der Waals surface area contributed by atoms with E-state index in [-0.39, 0.29) is 43.0 Å². The van der Waals surface area contributed by atoms with Gasteiger partial charge in [-0.3, -0.25) is 14.5 Å². The molecule has 6 rings (SSSR count). The van der Waals surface area contributed by atoms with Crippen molar-refractivity contribution in [1.29, 1.82) is 5.26 Å². The maximum Gasteiger partial charge on any atom is 0.393 e. The van der Waals surface area contributed by atoms with Crippen LogP contribution < -0.4 is 10.2 Å². The monoisotopic (exact) mass is 651 g/mol. The van der Waals surface area contributed by atoms with Gasteiger partial charge < -0.3 is 15.1 Å². The van der Waals surface area contributed by atoms with E-state index >= 15 is 0 Å². The highest BCUT2D eigenvalue weighted by Gasteiger charge is 2.49. The van der Waals surface area contributed by atoms with Crippen molar-refractivity contribution in [2.24, 2.45) is 5.92 Å². The molecule has 3 aliphatic heterocycles. The predicted molar refractivity (Wildman–Crippen MR) is 162 cm³/mol. The first-order valence-corrected chi connectivity index (χ1v) is 15.6. The molecule has 0 saturated carbocycles. The van der Waals surface area contributed by atoms with E-state index in [4.69, 9.17) is 5.10 Å². The molecule has 2 fully saturated rings. The number of hydrogen-bond donors (Lipinski definition) is 1. The van der Waals surface area contributed by atoms with Crippen molar-refractivity contribution in [3.63, 3.8) is 0 Å². The molecule has 2 aromatic carbocycles. The summed E-state index contributed by atoms with van der Waals surface area (Å²) in [4.78, 5) is 46.2. The standard InChI is InChI=1S/C33H33F4N7O3/c1-2-42-29-26(28(31(46)43-17-7-11-24(43)18-38)40-44(29)23-9-4-3-5-10-23)25(20-12-14-22(34)15-13-20)27(30(42)45)39-32(47)41-16-6-8-21(19-41)33(35,36)37/h3-5,9-10,12-15,21,24-25,27H,2,6-8,11,16-17,19H2,1H3,(H,39,47)/t21-,24+,25?,27+/m1/s1.